The van der Waals surface area contributed by atoms with Gasteiger partial charge in [-0.2, -0.15) is 5.26 Å². The Balaban J connectivity index is 1.31. The number of hydrogen-bond acceptors (Lipinski definition) is 7. The Morgan fingerprint density at radius 2 is 1.61 bits per heavy atom. The molecule has 0 aliphatic carbocycles. The summed E-state index contributed by atoms with van der Waals surface area (Å²) in [7, 11) is 1.60. The molecule has 8 nitrogen and oxygen atoms in total. The molecule has 0 spiro atoms. The molecule has 0 aliphatic heterocycles. The number of fused-ring (bicyclic) bond motifs is 1. The van der Waals surface area contributed by atoms with Crippen molar-refractivity contribution >= 4 is 40.2 Å². The van der Waals surface area contributed by atoms with E-state index >= 15 is 0 Å². The minimum atomic E-state index is -1.02. The first-order valence-electron chi connectivity index (χ1n) is 12.6. The summed E-state index contributed by atoms with van der Waals surface area (Å²) in [4.78, 5) is 34.1. The normalized spacial score (nSPS) is 11.4. The number of pyridine rings is 2. The molecule has 2 aromatic heterocycles. The van der Waals surface area contributed by atoms with Crippen LogP contribution in [0.25, 0.3) is 33.4 Å². The minimum absolute atomic E-state index is 0.176. The number of carbonyl (C=O) groups excluding carboxylic acids is 1. The summed E-state index contributed by atoms with van der Waals surface area (Å²) >= 11 is 1.21. The highest BCUT2D eigenvalue weighted by atomic mass is 32.2. The van der Waals surface area contributed by atoms with Gasteiger partial charge in [-0.1, -0.05) is 42.1 Å². The van der Waals surface area contributed by atoms with Crippen molar-refractivity contribution in [1.29, 1.82) is 5.26 Å². The topological polar surface area (TPSA) is 125 Å². The maximum absolute atomic E-state index is 13.0. The van der Waals surface area contributed by atoms with E-state index in [1.54, 1.807) is 74.7 Å². The van der Waals surface area contributed by atoms with Crippen molar-refractivity contribution in [3.05, 3.63) is 102 Å². The summed E-state index contributed by atoms with van der Waals surface area (Å²) in [6.45, 7) is 1.75. The van der Waals surface area contributed by atoms with E-state index < -0.39 is 11.2 Å². The van der Waals surface area contributed by atoms with Gasteiger partial charge in [0, 0.05) is 22.2 Å². The number of nitrogens with one attached hydrogen (secondary N) is 1. The number of amides is 1. The van der Waals surface area contributed by atoms with Crippen molar-refractivity contribution in [1.82, 2.24) is 9.97 Å². The van der Waals surface area contributed by atoms with E-state index in [4.69, 9.17) is 4.74 Å². The van der Waals surface area contributed by atoms with Crippen molar-refractivity contribution in [2.45, 2.75) is 17.2 Å². The molecule has 0 bridgehead atoms. The number of aromatic nitrogens is 2. The molecule has 3 aromatic carbocycles. The fourth-order valence-electron chi connectivity index (χ4n) is 4.23. The molecule has 1 atom stereocenters. The van der Waals surface area contributed by atoms with Crippen molar-refractivity contribution < 1.29 is 19.4 Å². The number of anilines is 1. The highest BCUT2D eigenvalue weighted by molar-refractivity contribution is 8.00. The van der Waals surface area contributed by atoms with E-state index in [1.807, 2.05) is 30.3 Å². The Labute approximate surface area is 240 Å². The number of para-hydroxylation sites is 1. The fraction of sp³-hybridized carbons (Fsp3) is 0.0938. The number of nitriles is 1. The number of thioether (sulfide) groups is 1. The third-order valence-corrected chi connectivity index (χ3v) is 7.52. The van der Waals surface area contributed by atoms with Gasteiger partial charge in [0.1, 0.15) is 16.8 Å². The van der Waals surface area contributed by atoms with E-state index in [0.717, 1.165) is 16.9 Å². The number of carbonyl (C=O) groups is 2. The number of carboxylic acid groups (broad SMARTS) is 1. The van der Waals surface area contributed by atoms with Crippen LogP contribution in [0.15, 0.2) is 96.0 Å². The van der Waals surface area contributed by atoms with Crippen LogP contribution in [0.2, 0.25) is 0 Å². The number of benzene rings is 3. The van der Waals surface area contributed by atoms with Crippen LogP contribution in [0.3, 0.4) is 0 Å². The Bertz CT molecular complexity index is 1800. The minimum Gasteiger partial charge on any atom is -0.497 e. The van der Waals surface area contributed by atoms with E-state index in [0.29, 0.717) is 38.6 Å². The lowest BCUT2D eigenvalue weighted by atomic mass is 10.0. The van der Waals surface area contributed by atoms with Gasteiger partial charge in [-0.3, -0.25) is 4.79 Å². The largest absolute Gasteiger partial charge is 0.497 e. The van der Waals surface area contributed by atoms with Crippen LogP contribution in [0.5, 0.6) is 5.75 Å². The number of ether oxygens (including phenoxy) is 1. The highest BCUT2D eigenvalue weighted by Gasteiger charge is 2.19. The van der Waals surface area contributed by atoms with Gasteiger partial charge in [-0.15, -0.1) is 0 Å². The number of rotatable bonds is 8. The van der Waals surface area contributed by atoms with E-state index in [9.17, 15) is 20.0 Å². The Morgan fingerprint density at radius 3 is 2.29 bits per heavy atom. The van der Waals surface area contributed by atoms with E-state index in [2.05, 4.69) is 21.4 Å². The quantitative estimate of drug-likeness (QED) is 0.202. The molecule has 5 aromatic rings. The van der Waals surface area contributed by atoms with E-state index in [-0.39, 0.29) is 11.5 Å². The third-order valence-electron chi connectivity index (χ3n) is 6.42. The maximum atomic E-state index is 13.0. The molecule has 2 heterocycles. The summed E-state index contributed by atoms with van der Waals surface area (Å²) in [5.74, 6) is -0.544. The third kappa shape index (κ3) is 6.03. The van der Waals surface area contributed by atoms with Gasteiger partial charge < -0.3 is 15.2 Å². The predicted molar refractivity (Wildman–Crippen MR) is 159 cm³/mol. The fourth-order valence-corrected chi connectivity index (χ4v) is 5.12. The standard InChI is InChI=1S/C32H24N4O4S/c1-19(41-31-22(18-33)11-16-27(36-31)20-9-14-24(40-2)15-10-20)30(37)34-23-12-7-21(8-13-23)29-17-26(32(38)39)25-5-3-4-6-28(25)35-29/h3-17,19H,1-2H3,(H,34,37)(H,38,39). The molecule has 2 N–H and O–H groups in total. The first-order valence-corrected chi connectivity index (χ1v) is 13.5. The molecule has 0 saturated heterocycles. The molecule has 1 amide bonds. The second-order valence-corrected chi connectivity index (χ2v) is 10.4. The molecule has 41 heavy (non-hydrogen) atoms. The maximum Gasteiger partial charge on any atom is 0.336 e. The molecular weight excluding hydrogens is 536 g/mol. The van der Waals surface area contributed by atoms with Crippen molar-refractivity contribution in [2.75, 3.05) is 12.4 Å². The second-order valence-electron chi connectivity index (χ2n) is 9.09. The van der Waals surface area contributed by atoms with Gasteiger partial charge in [0.2, 0.25) is 5.91 Å². The summed E-state index contributed by atoms with van der Waals surface area (Å²) < 4.78 is 5.21. The first kappa shape index (κ1) is 27.4. The highest BCUT2D eigenvalue weighted by Crippen LogP contribution is 2.30. The van der Waals surface area contributed by atoms with Gasteiger partial charge in [-0.25, -0.2) is 14.8 Å². The molecule has 0 aliphatic rings. The van der Waals surface area contributed by atoms with Crippen molar-refractivity contribution in [2.24, 2.45) is 0 Å². The van der Waals surface area contributed by atoms with Gasteiger partial charge in [0.05, 0.1) is 40.4 Å². The van der Waals surface area contributed by atoms with Gasteiger partial charge in [0.25, 0.3) is 0 Å². The summed E-state index contributed by atoms with van der Waals surface area (Å²) in [5, 5.41) is 22.7. The Kier molecular flexibility index (Phi) is 7.94. The SMILES string of the molecule is COc1ccc(-c2ccc(C#N)c(SC(C)C(=O)Nc3ccc(-c4cc(C(=O)O)c5ccccc5n4)cc3)n2)cc1. The van der Waals surface area contributed by atoms with Crippen LogP contribution in [-0.2, 0) is 4.79 Å². The smallest absolute Gasteiger partial charge is 0.336 e. The second kappa shape index (κ2) is 11.9. The number of carboxylic acids is 1. The van der Waals surface area contributed by atoms with Crippen LogP contribution in [0.4, 0.5) is 5.69 Å². The number of nitrogens with zero attached hydrogens (tertiary/aromatic N) is 3. The average Bonchev–Trinajstić information content (AvgIpc) is 3.00. The predicted octanol–water partition coefficient (Wildman–Crippen LogP) is 6.66. The van der Waals surface area contributed by atoms with Crippen molar-refractivity contribution in [3.63, 3.8) is 0 Å². The molecule has 0 radical (unpaired) electrons. The lowest BCUT2D eigenvalue weighted by Crippen LogP contribution is -2.22. The van der Waals surface area contributed by atoms with Crippen LogP contribution in [-0.4, -0.2) is 39.3 Å². The van der Waals surface area contributed by atoms with Crippen LogP contribution < -0.4 is 10.1 Å². The average molecular weight is 561 g/mol. The zero-order valence-corrected chi connectivity index (χ0v) is 23.0. The van der Waals surface area contributed by atoms with Gasteiger partial charge in [0.15, 0.2) is 0 Å². The molecule has 202 valence electrons. The molecule has 5 rings (SSSR count). The van der Waals surface area contributed by atoms with Gasteiger partial charge in [-0.05, 0) is 67.6 Å². The molecule has 0 saturated carbocycles. The molecule has 1 unspecified atom stereocenters. The number of methoxy groups -OCH3 is 1. The Morgan fingerprint density at radius 1 is 0.927 bits per heavy atom. The van der Waals surface area contributed by atoms with Crippen molar-refractivity contribution in [3.8, 4) is 34.3 Å². The zero-order chi connectivity index (χ0) is 28.9. The summed E-state index contributed by atoms with van der Waals surface area (Å²) in [5.41, 5.74) is 4.52. The summed E-state index contributed by atoms with van der Waals surface area (Å²) in [6, 6.07) is 28.8. The number of aromatic carboxylic acids is 1. The zero-order valence-electron chi connectivity index (χ0n) is 22.2. The lowest BCUT2D eigenvalue weighted by Gasteiger charge is -2.14. The van der Waals surface area contributed by atoms with E-state index in [1.165, 1.54) is 11.8 Å². The monoisotopic (exact) mass is 560 g/mol. The Hall–Kier alpha value is -5.20. The first-order chi connectivity index (χ1) is 19.9. The van der Waals surface area contributed by atoms with Gasteiger partial charge >= 0.3 is 5.97 Å². The van der Waals surface area contributed by atoms with Crippen LogP contribution in [0, 0.1) is 11.3 Å². The molecule has 9 heteroatoms. The molecular formula is C32H24N4O4S. The molecule has 0 fully saturated rings. The summed E-state index contributed by atoms with van der Waals surface area (Å²) in [6.07, 6.45) is 0. The van der Waals surface area contributed by atoms with Crippen LogP contribution in [0.1, 0.15) is 22.8 Å². The number of hydrogen-bond donors (Lipinski definition) is 2. The van der Waals surface area contributed by atoms with Crippen LogP contribution >= 0.6 is 11.8 Å². The lowest BCUT2D eigenvalue weighted by molar-refractivity contribution is -0.115.